The van der Waals surface area contributed by atoms with Crippen LogP contribution in [0.4, 0.5) is 0 Å². The number of hydrogen-bond acceptors (Lipinski definition) is 11. The van der Waals surface area contributed by atoms with Crippen molar-refractivity contribution in [1.29, 1.82) is 0 Å². The number of ether oxygens (including phenoxy) is 4. The molecule has 0 spiro atoms. The summed E-state index contributed by atoms with van der Waals surface area (Å²) >= 11 is 0. The van der Waals surface area contributed by atoms with Crippen molar-refractivity contribution in [2.75, 3.05) is 34.4 Å². The molecule has 0 aliphatic carbocycles. The Morgan fingerprint density at radius 2 is 1.76 bits per heavy atom. The first-order valence-corrected chi connectivity index (χ1v) is 13.7. The first-order chi connectivity index (χ1) is 19.9. The fourth-order valence-corrected chi connectivity index (χ4v) is 4.59. The molecule has 228 valence electrons. The van der Waals surface area contributed by atoms with Gasteiger partial charge in [-0.25, -0.2) is 0 Å². The Bertz CT molecular complexity index is 1480. The van der Waals surface area contributed by atoms with E-state index < -0.39 is 36.1 Å². The Balaban J connectivity index is 1.96. The molecular weight excluding hydrogens is 546 g/mol. The number of aliphatic hydroxyl groups excluding tert-OH is 3. The molecule has 0 unspecified atom stereocenters. The molecule has 0 bridgehead atoms. The maximum Gasteiger partial charge on any atom is 0.239 e. The fourth-order valence-electron chi connectivity index (χ4n) is 4.59. The first-order valence-electron chi connectivity index (χ1n) is 13.7. The highest BCUT2D eigenvalue weighted by Crippen LogP contribution is 2.40. The van der Waals surface area contributed by atoms with Crippen molar-refractivity contribution >= 4 is 11.0 Å². The monoisotopic (exact) mass is 585 g/mol. The molecule has 1 saturated heterocycles. The van der Waals surface area contributed by atoms with Crippen LogP contribution in [0.25, 0.3) is 22.3 Å². The molecule has 5 atom stereocenters. The zero-order valence-electron chi connectivity index (χ0n) is 24.7. The second-order valence-corrected chi connectivity index (χ2v) is 10.8. The van der Waals surface area contributed by atoms with Crippen LogP contribution in [0.15, 0.2) is 51.2 Å². The first kappa shape index (κ1) is 31.3. The highest BCUT2D eigenvalue weighted by molar-refractivity contribution is 5.91. The van der Waals surface area contributed by atoms with Gasteiger partial charge >= 0.3 is 0 Å². The minimum absolute atomic E-state index is 0.00232. The van der Waals surface area contributed by atoms with Crippen molar-refractivity contribution in [1.82, 2.24) is 4.90 Å². The van der Waals surface area contributed by atoms with Crippen molar-refractivity contribution in [2.24, 2.45) is 0 Å². The van der Waals surface area contributed by atoms with Crippen molar-refractivity contribution in [3.05, 3.63) is 57.8 Å². The van der Waals surface area contributed by atoms with Gasteiger partial charge in [0, 0.05) is 23.7 Å². The normalized spacial score (nSPS) is 22.3. The van der Waals surface area contributed by atoms with Crippen LogP contribution in [0.5, 0.6) is 23.0 Å². The fraction of sp³-hybridized carbons (Fsp3) is 0.452. The molecule has 2 aromatic carbocycles. The predicted molar refractivity (Wildman–Crippen MR) is 156 cm³/mol. The van der Waals surface area contributed by atoms with Crippen LogP contribution in [0.1, 0.15) is 26.3 Å². The lowest BCUT2D eigenvalue weighted by molar-refractivity contribution is -0.268. The number of hydrogen-bond donors (Lipinski definition) is 4. The Hall–Kier alpha value is -3.61. The number of likely N-dealkylation sites (N-methyl/N-ethyl adjacent to an activating group) is 1. The molecule has 11 nitrogen and oxygen atoms in total. The van der Waals surface area contributed by atoms with Crippen LogP contribution in [0.3, 0.4) is 0 Å². The number of allylic oxidation sites excluding steroid dienone is 2. The molecule has 4 rings (SSSR count). The smallest absolute Gasteiger partial charge is 0.239 e. The van der Waals surface area contributed by atoms with Crippen LogP contribution in [0.2, 0.25) is 0 Å². The van der Waals surface area contributed by atoms with E-state index in [1.54, 1.807) is 24.3 Å². The maximum atomic E-state index is 14.1. The topological polar surface area (TPSA) is 151 Å². The van der Waals surface area contributed by atoms with Gasteiger partial charge < -0.3 is 48.7 Å². The average Bonchev–Trinajstić information content (AvgIpc) is 2.95. The molecule has 2 heterocycles. The minimum Gasteiger partial charge on any atom is -0.507 e. The van der Waals surface area contributed by atoms with E-state index in [4.69, 9.17) is 23.4 Å². The molecular formula is C31H39NO10. The molecule has 3 aromatic rings. The van der Waals surface area contributed by atoms with E-state index in [-0.39, 0.29) is 28.2 Å². The number of rotatable bonds is 10. The molecule has 0 amide bonds. The van der Waals surface area contributed by atoms with Gasteiger partial charge in [0.1, 0.15) is 53.1 Å². The number of nitrogens with zero attached hydrogens (tertiary/aromatic N) is 1. The summed E-state index contributed by atoms with van der Waals surface area (Å²) in [5, 5.41) is 42.0. The summed E-state index contributed by atoms with van der Waals surface area (Å²) in [5.74, 6) is 0.216. The van der Waals surface area contributed by atoms with Gasteiger partial charge in [-0.15, -0.1) is 0 Å². The van der Waals surface area contributed by atoms with Gasteiger partial charge in [-0.3, -0.25) is 4.79 Å². The molecule has 0 radical (unpaired) electrons. The number of aromatic hydroxyl groups is 1. The van der Waals surface area contributed by atoms with Gasteiger partial charge in [-0.05, 0) is 65.6 Å². The Morgan fingerprint density at radius 3 is 2.38 bits per heavy atom. The summed E-state index contributed by atoms with van der Waals surface area (Å²) in [5.41, 5.74) is 1.43. The molecule has 0 saturated carbocycles. The van der Waals surface area contributed by atoms with Gasteiger partial charge in [-0.2, -0.15) is 0 Å². The lowest BCUT2D eigenvalue weighted by Crippen LogP contribution is -2.58. The SMILES string of the molecule is COc1ccc(-c2oc3c(CC=C(C)C)c(OCCN(C)C)cc(O)c3c(=O)c2O[C@H]2O[C@H](C)[C@@H](O)[C@H](O)[C@@H]2O)cc1. The van der Waals surface area contributed by atoms with Gasteiger partial charge in [0.25, 0.3) is 0 Å². The van der Waals surface area contributed by atoms with Gasteiger partial charge in [0.2, 0.25) is 17.5 Å². The Labute approximate surface area is 244 Å². The summed E-state index contributed by atoms with van der Waals surface area (Å²) in [6.45, 7) is 6.35. The van der Waals surface area contributed by atoms with E-state index in [0.717, 1.165) is 5.57 Å². The van der Waals surface area contributed by atoms with Crippen molar-refractivity contribution < 1.29 is 43.8 Å². The number of phenols is 1. The summed E-state index contributed by atoms with van der Waals surface area (Å²) in [6, 6.07) is 8.08. The van der Waals surface area contributed by atoms with Crippen LogP contribution < -0.4 is 19.6 Å². The third-order valence-corrected chi connectivity index (χ3v) is 7.07. The van der Waals surface area contributed by atoms with Crippen LogP contribution in [-0.2, 0) is 11.2 Å². The van der Waals surface area contributed by atoms with E-state index in [0.29, 0.717) is 42.2 Å². The largest absolute Gasteiger partial charge is 0.507 e. The number of benzene rings is 2. The van der Waals surface area contributed by atoms with Crippen molar-refractivity contribution in [2.45, 2.75) is 57.9 Å². The summed E-state index contributed by atoms with van der Waals surface area (Å²) in [4.78, 5) is 16.1. The van der Waals surface area contributed by atoms with Crippen molar-refractivity contribution in [3.8, 4) is 34.3 Å². The maximum absolute atomic E-state index is 14.1. The van der Waals surface area contributed by atoms with Gasteiger partial charge in [0.15, 0.2) is 5.76 Å². The number of methoxy groups -OCH3 is 1. The van der Waals surface area contributed by atoms with E-state index >= 15 is 0 Å². The zero-order chi connectivity index (χ0) is 30.7. The molecule has 11 heteroatoms. The molecule has 1 aromatic heterocycles. The van der Waals surface area contributed by atoms with E-state index in [1.807, 2.05) is 38.9 Å². The molecule has 1 aliphatic rings. The second kappa shape index (κ2) is 13.1. The number of fused-ring (bicyclic) bond motifs is 1. The third-order valence-electron chi connectivity index (χ3n) is 7.07. The standard InChI is InChI=1S/C31H39NO10/c1-16(2)7-12-20-22(39-14-13-32(4)5)15-21(33)23-25(35)30(42-31-27(37)26(36)24(34)17(3)40-31)28(41-29(20)23)18-8-10-19(38-6)11-9-18/h7-11,15,17,24,26-27,31,33-34,36-37H,12-14H2,1-6H3/t17-,24-,26+,27+,31-/m1/s1. The molecule has 42 heavy (non-hydrogen) atoms. The van der Waals surface area contributed by atoms with Crippen molar-refractivity contribution in [3.63, 3.8) is 0 Å². The molecule has 1 aliphatic heterocycles. The van der Waals surface area contributed by atoms with E-state index in [1.165, 1.54) is 20.1 Å². The predicted octanol–water partition coefficient (Wildman–Crippen LogP) is 2.83. The molecule has 1 fully saturated rings. The zero-order valence-corrected chi connectivity index (χ0v) is 24.7. The van der Waals surface area contributed by atoms with Gasteiger partial charge in [0.05, 0.1) is 13.2 Å². The van der Waals surface area contributed by atoms with Crippen LogP contribution in [-0.4, -0.2) is 90.4 Å². The van der Waals surface area contributed by atoms with E-state index in [2.05, 4.69) is 0 Å². The summed E-state index contributed by atoms with van der Waals surface area (Å²) in [6.07, 6.45) is -4.73. The number of aliphatic hydroxyl groups is 3. The highest BCUT2D eigenvalue weighted by Gasteiger charge is 2.44. The lowest BCUT2D eigenvalue weighted by Gasteiger charge is -2.38. The number of phenolic OH excluding ortho intramolecular Hbond substituents is 1. The second-order valence-electron chi connectivity index (χ2n) is 10.8. The lowest BCUT2D eigenvalue weighted by atomic mass is 10.00. The molecule has 4 N–H and O–H groups in total. The van der Waals surface area contributed by atoms with Gasteiger partial charge in [-0.1, -0.05) is 11.6 Å². The Morgan fingerprint density at radius 1 is 1.07 bits per heavy atom. The van der Waals surface area contributed by atoms with Crippen LogP contribution in [0, 0.1) is 0 Å². The minimum atomic E-state index is -1.68. The van der Waals surface area contributed by atoms with E-state index in [9.17, 15) is 25.2 Å². The Kier molecular flexibility index (Phi) is 9.80. The average molecular weight is 586 g/mol. The summed E-state index contributed by atoms with van der Waals surface area (Å²) in [7, 11) is 5.36. The quantitative estimate of drug-likeness (QED) is 0.260. The van der Waals surface area contributed by atoms with Crippen LogP contribution >= 0.6 is 0 Å². The highest BCUT2D eigenvalue weighted by atomic mass is 16.7. The third kappa shape index (κ3) is 6.55. The summed E-state index contributed by atoms with van der Waals surface area (Å²) < 4.78 is 29.2.